The lowest BCUT2D eigenvalue weighted by atomic mass is 9.87. The summed E-state index contributed by atoms with van der Waals surface area (Å²) in [7, 11) is 3.16. The molecule has 176 valence electrons. The molecular weight excluding hydrogens is 452 g/mol. The van der Waals surface area contributed by atoms with E-state index in [0.29, 0.717) is 41.7 Å². The van der Waals surface area contributed by atoms with Gasteiger partial charge >= 0.3 is 0 Å². The van der Waals surface area contributed by atoms with Crippen molar-refractivity contribution in [1.82, 2.24) is 10.2 Å². The molecule has 3 aromatic carbocycles. The summed E-state index contributed by atoms with van der Waals surface area (Å²) in [6.45, 7) is 1.10. The van der Waals surface area contributed by atoms with Gasteiger partial charge in [-0.3, -0.25) is 9.59 Å². The Labute approximate surface area is 204 Å². The van der Waals surface area contributed by atoms with Gasteiger partial charge in [0.05, 0.1) is 20.1 Å². The third kappa shape index (κ3) is 5.02. The van der Waals surface area contributed by atoms with Gasteiger partial charge in [-0.1, -0.05) is 54.1 Å². The highest BCUT2D eigenvalue weighted by molar-refractivity contribution is 6.30. The Balaban J connectivity index is 1.62. The fourth-order valence-corrected chi connectivity index (χ4v) is 4.57. The smallest absolute Gasteiger partial charge is 0.253 e. The first-order chi connectivity index (χ1) is 16.5. The number of methoxy groups -OCH3 is 2. The Bertz CT molecular complexity index is 1150. The number of hydrogen-bond donors (Lipinski definition) is 1. The van der Waals surface area contributed by atoms with Gasteiger partial charge in [0.2, 0.25) is 5.91 Å². The zero-order valence-corrected chi connectivity index (χ0v) is 19.9. The van der Waals surface area contributed by atoms with E-state index in [1.165, 1.54) is 0 Å². The van der Waals surface area contributed by atoms with Crippen molar-refractivity contribution in [2.45, 2.75) is 12.5 Å². The summed E-state index contributed by atoms with van der Waals surface area (Å²) in [6, 6.07) is 22.2. The minimum absolute atomic E-state index is 0.106. The SMILES string of the molecule is COc1cccc(C2CN(C(=O)c3ccc(Cl)cc3)CC2C(=O)NCc2ccccc2)c1OC. The number of likely N-dealkylation sites (tertiary alicyclic amines) is 1. The second-order valence-electron chi connectivity index (χ2n) is 8.22. The molecule has 2 amide bonds. The lowest BCUT2D eigenvalue weighted by Crippen LogP contribution is -2.35. The first kappa shape index (κ1) is 23.6. The maximum Gasteiger partial charge on any atom is 0.253 e. The molecule has 7 heteroatoms. The molecular formula is C27H27ClN2O4. The average molecular weight is 479 g/mol. The Kier molecular flexibility index (Phi) is 7.38. The Morgan fingerprint density at radius 2 is 1.68 bits per heavy atom. The van der Waals surface area contributed by atoms with Crippen molar-refractivity contribution in [2.75, 3.05) is 27.3 Å². The van der Waals surface area contributed by atoms with Crippen LogP contribution in [0.3, 0.4) is 0 Å². The second kappa shape index (κ2) is 10.6. The number of halogens is 1. The molecule has 0 bridgehead atoms. The van der Waals surface area contributed by atoms with Crippen molar-refractivity contribution >= 4 is 23.4 Å². The van der Waals surface area contributed by atoms with Crippen molar-refractivity contribution < 1.29 is 19.1 Å². The number of para-hydroxylation sites is 1. The molecule has 0 spiro atoms. The first-order valence-corrected chi connectivity index (χ1v) is 11.5. The van der Waals surface area contributed by atoms with Crippen LogP contribution in [-0.4, -0.2) is 44.0 Å². The van der Waals surface area contributed by atoms with E-state index in [-0.39, 0.29) is 17.7 Å². The second-order valence-corrected chi connectivity index (χ2v) is 8.65. The van der Waals surface area contributed by atoms with Crippen LogP contribution in [0.1, 0.15) is 27.4 Å². The average Bonchev–Trinajstić information content (AvgIpc) is 3.32. The van der Waals surface area contributed by atoms with E-state index in [9.17, 15) is 9.59 Å². The molecule has 1 heterocycles. The molecule has 3 aromatic rings. The molecule has 6 nitrogen and oxygen atoms in total. The van der Waals surface area contributed by atoms with Crippen LogP contribution in [0.2, 0.25) is 5.02 Å². The third-order valence-electron chi connectivity index (χ3n) is 6.18. The quantitative estimate of drug-likeness (QED) is 0.541. The van der Waals surface area contributed by atoms with E-state index >= 15 is 0 Å². The van der Waals surface area contributed by atoms with Crippen LogP contribution < -0.4 is 14.8 Å². The van der Waals surface area contributed by atoms with E-state index in [4.69, 9.17) is 21.1 Å². The number of benzene rings is 3. The van der Waals surface area contributed by atoms with Crippen LogP contribution >= 0.6 is 11.6 Å². The molecule has 34 heavy (non-hydrogen) atoms. The van der Waals surface area contributed by atoms with Gasteiger partial charge in [0.1, 0.15) is 0 Å². The number of ether oxygens (including phenoxy) is 2. The summed E-state index contributed by atoms with van der Waals surface area (Å²) in [5.41, 5.74) is 2.39. The van der Waals surface area contributed by atoms with Crippen LogP contribution in [0.15, 0.2) is 72.8 Å². The first-order valence-electron chi connectivity index (χ1n) is 11.1. The van der Waals surface area contributed by atoms with Gasteiger partial charge in [0.15, 0.2) is 11.5 Å². The van der Waals surface area contributed by atoms with Crippen molar-refractivity contribution in [1.29, 1.82) is 0 Å². The maximum atomic E-state index is 13.4. The summed E-state index contributed by atoms with van der Waals surface area (Å²) in [5.74, 6) is 0.229. The Morgan fingerprint density at radius 3 is 2.35 bits per heavy atom. The molecule has 1 aliphatic heterocycles. The van der Waals surface area contributed by atoms with Crippen LogP contribution in [0.25, 0.3) is 0 Å². The fraction of sp³-hybridized carbons (Fsp3) is 0.259. The molecule has 4 rings (SSSR count). The van der Waals surface area contributed by atoms with Crippen LogP contribution in [0.4, 0.5) is 0 Å². The Hall–Kier alpha value is -3.51. The van der Waals surface area contributed by atoms with Crippen molar-refractivity contribution in [3.8, 4) is 11.5 Å². The standard InChI is InChI=1S/C27H27ClN2O4/c1-33-24-10-6-9-21(25(24)34-2)22-16-30(27(32)19-11-13-20(28)14-12-19)17-23(22)26(31)29-15-18-7-4-3-5-8-18/h3-14,22-23H,15-17H2,1-2H3,(H,29,31). The zero-order valence-electron chi connectivity index (χ0n) is 19.2. The van der Waals surface area contributed by atoms with Crippen molar-refractivity contribution in [2.24, 2.45) is 5.92 Å². The largest absolute Gasteiger partial charge is 0.493 e. The molecule has 0 radical (unpaired) electrons. The highest BCUT2D eigenvalue weighted by atomic mass is 35.5. The number of amides is 2. The van der Waals surface area contributed by atoms with Gasteiger partial charge in [-0.05, 0) is 35.9 Å². The van der Waals surface area contributed by atoms with Crippen LogP contribution in [-0.2, 0) is 11.3 Å². The minimum Gasteiger partial charge on any atom is -0.493 e. The maximum absolute atomic E-state index is 13.4. The van der Waals surface area contributed by atoms with Crippen LogP contribution in [0.5, 0.6) is 11.5 Å². The molecule has 0 aromatic heterocycles. The topological polar surface area (TPSA) is 67.9 Å². The summed E-state index contributed by atoms with van der Waals surface area (Å²) in [6.07, 6.45) is 0. The van der Waals surface area contributed by atoms with E-state index in [1.807, 2.05) is 48.5 Å². The molecule has 1 fully saturated rings. The van der Waals surface area contributed by atoms with Gasteiger partial charge in [-0.2, -0.15) is 0 Å². The van der Waals surface area contributed by atoms with Gasteiger partial charge in [-0.15, -0.1) is 0 Å². The molecule has 1 aliphatic rings. The molecule has 1 N–H and O–H groups in total. The molecule has 0 aliphatic carbocycles. The summed E-state index contributed by atoms with van der Waals surface area (Å²) in [5, 5.41) is 3.61. The van der Waals surface area contributed by atoms with E-state index in [2.05, 4.69) is 5.32 Å². The fourth-order valence-electron chi connectivity index (χ4n) is 4.45. The van der Waals surface area contributed by atoms with Crippen molar-refractivity contribution in [3.63, 3.8) is 0 Å². The van der Waals surface area contributed by atoms with Gasteiger partial charge in [0.25, 0.3) is 5.91 Å². The summed E-state index contributed by atoms with van der Waals surface area (Å²) < 4.78 is 11.1. The van der Waals surface area contributed by atoms with Gasteiger partial charge in [0, 0.05) is 41.7 Å². The number of hydrogen-bond acceptors (Lipinski definition) is 4. The number of nitrogens with one attached hydrogen (secondary N) is 1. The predicted molar refractivity (Wildman–Crippen MR) is 131 cm³/mol. The highest BCUT2D eigenvalue weighted by Crippen LogP contribution is 2.42. The number of carbonyl (C=O) groups is 2. The minimum atomic E-state index is -0.444. The van der Waals surface area contributed by atoms with Crippen LogP contribution in [0, 0.1) is 5.92 Å². The normalized spacial score (nSPS) is 17.3. The monoisotopic (exact) mass is 478 g/mol. The third-order valence-corrected chi connectivity index (χ3v) is 6.43. The number of carbonyl (C=O) groups excluding carboxylic acids is 2. The zero-order chi connectivity index (χ0) is 24.1. The Morgan fingerprint density at radius 1 is 0.941 bits per heavy atom. The van der Waals surface area contributed by atoms with E-state index in [1.54, 1.807) is 43.4 Å². The lowest BCUT2D eigenvalue weighted by molar-refractivity contribution is -0.125. The summed E-state index contributed by atoms with van der Waals surface area (Å²) in [4.78, 5) is 28.3. The van der Waals surface area contributed by atoms with Gasteiger partial charge < -0.3 is 19.7 Å². The molecule has 0 saturated carbocycles. The van der Waals surface area contributed by atoms with E-state index < -0.39 is 5.92 Å². The molecule has 1 saturated heterocycles. The lowest BCUT2D eigenvalue weighted by Gasteiger charge is -2.21. The number of rotatable bonds is 7. The molecule has 2 atom stereocenters. The highest BCUT2D eigenvalue weighted by Gasteiger charge is 2.42. The summed E-state index contributed by atoms with van der Waals surface area (Å²) >= 11 is 5.99. The molecule has 2 unspecified atom stereocenters. The van der Waals surface area contributed by atoms with Crippen molar-refractivity contribution in [3.05, 3.63) is 94.5 Å². The van der Waals surface area contributed by atoms with E-state index in [0.717, 1.165) is 11.1 Å². The van der Waals surface area contributed by atoms with Gasteiger partial charge in [-0.25, -0.2) is 0 Å². The number of nitrogens with zero attached hydrogens (tertiary/aromatic N) is 1. The predicted octanol–water partition coefficient (Wildman–Crippen LogP) is 4.53.